The van der Waals surface area contributed by atoms with Crippen molar-refractivity contribution in [3.8, 4) is 101 Å². The van der Waals surface area contributed by atoms with E-state index in [1.54, 1.807) is 13.7 Å². The Morgan fingerprint density at radius 3 is 0.824 bits per heavy atom. The van der Waals surface area contributed by atoms with E-state index < -0.39 is 16.2 Å². The predicted octanol–water partition coefficient (Wildman–Crippen LogP) is 16.9. The van der Waals surface area contributed by atoms with E-state index in [0.29, 0.717) is 17.5 Å². The molecule has 0 radical (unpaired) electrons. The Hall–Kier alpha value is -9.73. The topological polar surface area (TPSA) is 105 Å². The number of hydrogen-bond donors (Lipinski definition) is 0. The fraction of sp³-hybridized carbons (Fsp3) is 0.120. The first kappa shape index (κ1) is 52.1. The van der Waals surface area contributed by atoms with Gasteiger partial charge in [-0.2, -0.15) is 0 Å². The number of nitrogens with zero attached hydrogens (tertiary/aromatic N) is 6. The normalized spacial score (nSPS) is 15.0. The van der Waals surface area contributed by atoms with E-state index in [1.165, 1.54) is 0 Å². The second kappa shape index (κ2) is 18.6. The minimum Gasteiger partial charge on any atom is -0.303 e. The van der Waals surface area contributed by atoms with Crippen molar-refractivity contribution in [3.63, 3.8) is 0 Å². The Labute approximate surface area is 504 Å². The van der Waals surface area contributed by atoms with Crippen LogP contribution < -0.4 is 0 Å². The molecule has 16 rings (SSSR count). The number of aromatic nitrogens is 6. The van der Waals surface area contributed by atoms with E-state index in [1.807, 2.05) is 133 Å². The van der Waals surface area contributed by atoms with Crippen molar-refractivity contribution >= 4 is 50.8 Å². The second-order valence-electron chi connectivity index (χ2n) is 24.0. The fourth-order valence-corrected chi connectivity index (χ4v) is 13.4. The molecule has 0 atom stereocenters. The van der Waals surface area contributed by atoms with Gasteiger partial charge in [-0.1, -0.05) is 184 Å². The first-order valence-corrected chi connectivity index (χ1v) is 28.4. The molecule has 3 aromatic heterocycles. The summed E-state index contributed by atoms with van der Waals surface area (Å²) in [5.74, 6) is 1.69. The van der Waals surface area contributed by atoms with Crippen LogP contribution in [0.15, 0.2) is 200 Å². The van der Waals surface area contributed by atoms with E-state index >= 15 is 0 Å². The zero-order valence-corrected chi connectivity index (χ0v) is 49.7. The molecule has 10 aromatic carbocycles. The number of hydrogen-bond acceptors (Lipinski definition) is 6. The Morgan fingerprint density at radius 2 is 0.553 bits per heavy atom. The largest absolute Gasteiger partial charge is 3.00 e. The summed E-state index contributed by atoms with van der Waals surface area (Å²) in [5.41, 5.74) is 18.7. The van der Waals surface area contributed by atoms with Crippen LogP contribution in [0.25, 0.3) is 134 Å². The zero-order chi connectivity index (χ0) is 57.1. The van der Waals surface area contributed by atoms with Gasteiger partial charge in [-0.25, -0.2) is 0 Å². The van der Waals surface area contributed by atoms with Crippen LogP contribution in [0.1, 0.15) is 72.6 Å². The monoisotopic (exact) mass is 1280 g/mol. The average Bonchev–Trinajstić information content (AvgIpc) is 1.92. The third-order valence-corrected chi connectivity index (χ3v) is 18.0. The van der Waals surface area contributed by atoms with E-state index in [4.69, 9.17) is 15.0 Å². The van der Waals surface area contributed by atoms with Crippen LogP contribution >= 0.6 is 0 Å². The molecule has 0 saturated heterocycles. The summed E-state index contributed by atoms with van der Waals surface area (Å²) in [6, 6.07) is 79.0. The maximum Gasteiger partial charge on any atom is 3.00 e. The van der Waals surface area contributed by atoms with E-state index in [-0.39, 0.29) is 37.8 Å². The van der Waals surface area contributed by atoms with Crippen LogP contribution in [-0.2, 0) is 36.4 Å². The van der Waals surface area contributed by atoms with Gasteiger partial charge in [0, 0.05) is 16.2 Å². The maximum atomic E-state index is 14.6. The van der Waals surface area contributed by atoms with Gasteiger partial charge < -0.3 is 13.7 Å². The average molecular weight is 1280 g/mol. The van der Waals surface area contributed by atoms with Crippen molar-refractivity contribution in [1.82, 2.24) is 28.7 Å². The molecule has 0 fully saturated rings. The molecular formula is C75H51IrN6O3. The number of benzene rings is 10. The summed E-state index contributed by atoms with van der Waals surface area (Å²) in [7, 11) is 0. The number of imidazole rings is 3. The SMILES string of the molecule is CC1(C)C(=O)n2c(nc3ccccc32)-c2[c-]cc(-c3ccccc3-c3cc(-c4ccccc4-c4c[c-]c5c(c4)C(C)(C)C(=O)n4c-5nc5ccccc54)cc(-c4ccccc4-c4c[c-]c5c(c4)C(C)(C)C(=O)n4c-5nc5ccccc54)c3)cc21.[Ir+3]. The van der Waals surface area contributed by atoms with Crippen molar-refractivity contribution in [2.75, 3.05) is 0 Å². The number of carbonyl (C=O) groups excluding carboxylic acids is 3. The molecule has 0 unspecified atom stereocenters. The quantitative estimate of drug-likeness (QED) is 0.154. The van der Waals surface area contributed by atoms with Gasteiger partial charge in [0.1, 0.15) is 0 Å². The summed E-state index contributed by atoms with van der Waals surface area (Å²) in [6.07, 6.45) is 0. The van der Waals surface area contributed by atoms with Crippen molar-refractivity contribution in [2.24, 2.45) is 0 Å². The third-order valence-electron chi connectivity index (χ3n) is 18.0. The van der Waals surface area contributed by atoms with Crippen LogP contribution in [0.4, 0.5) is 0 Å². The Morgan fingerprint density at radius 1 is 0.318 bits per heavy atom. The molecule has 0 bridgehead atoms. The minimum absolute atomic E-state index is 0. The Bertz CT molecular complexity index is 4570. The van der Waals surface area contributed by atoms with Gasteiger partial charge in [-0.3, -0.25) is 29.3 Å². The Kier molecular flexibility index (Phi) is 11.4. The van der Waals surface area contributed by atoms with Crippen LogP contribution in [0.3, 0.4) is 0 Å². The molecule has 0 saturated carbocycles. The van der Waals surface area contributed by atoms with Crippen molar-refractivity contribution < 1.29 is 34.5 Å². The Balaban J connectivity index is 0.00000613. The molecule has 0 spiro atoms. The predicted molar refractivity (Wildman–Crippen MR) is 333 cm³/mol. The van der Waals surface area contributed by atoms with Gasteiger partial charge in [0.05, 0.1) is 50.6 Å². The van der Waals surface area contributed by atoms with Gasteiger partial charge in [0.25, 0.3) is 0 Å². The molecule has 9 nitrogen and oxygen atoms in total. The number of para-hydroxylation sites is 6. The summed E-state index contributed by atoms with van der Waals surface area (Å²) >= 11 is 0. The van der Waals surface area contributed by atoms with Crippen LogP contribution in [0, 0.1) is 18.2 Å². The summed E-state index contributed by atoms with van der Waals surface area (Å²) in [5, 5.41) is 0. The molecule has 3 aliphatic heterocycles. The molecule has 408 valence electrons. The van der Waals surface area contributed by atoms with E-state index in [9.17, 15) is 14.4 Å². The van der Waals surface area contributed by atoms with E-state index in [0.717, 1.165) is 133 Å². The van der Waals surface area contributed by atoms with Gasteiger partial charge >= 0.3 is 20.1 Å². The standard InChI is InChI=1S/C75H51N6O3.Ir/c1-73(2)58-40-43(31-34-55(58)67-76-61-25-13-16-28-64(61)79(67)70(73)82)49-19-7-10-22-52(49)46-37-47(53-23-11-8-20-50(53)44-32-35-56-59(41-44)74(3,4)71(83)80-65-29-17-14-26-62(65)77-68(56)80)39-48(38-46)54-24-12-9-21-51(54)45-33-36-57-60(42-45)75(5,6)72(84)81-66-30-18-15-27-63(66)78-69(57)81;/h7-33,37-42H,1-6H3;/q-3;+3. The first-order valence-electron chi connectivity index (χ1n) is 28.4. The van der Waals surface area contributed by atoms with Gasteiger partial charge in [0.2, 0.25) is 17.7 Å². The van der Waals surface area contributed by atoms with Crippen LogP contribution in [0.5, 0.6) is 0 Å². The first-order chi connectivity index (χ1) is 40.7. The van der Waals surface area contributed by atoms with Gasteiger partial charge in [-0.15, -0.1) is 88.0 Å². The smallest absolute Gasteiger partial charge is 0.303 e. The molecule has 6 heterocycles. The molecule has 10 heteroatoms. The van der Waals surface area contributed by atoms with Gasteiger partial charge in [-0.05, 0) is 88.0 Å². The molecular weight excluding hydrogens is 1230 g/mol. The molecule has 0 N–H and O–H groups in total. The number of fused-ring (bicyclic) bond motifs is 15. The van der Waals surface area contributed by atoms with Crippen molar-refractivity contribution in [1.29, 1.82) is 0 Å². The fourth-order valence-electron chi connectivity index (χ4n) is 13.4. The third kappa shape index (κ3) is 7.51. The summed E-state index contributed by atoms with van der Waals surface area (Å²) < 4.78 is 5.26. The van der Waals surface area contributed by atoms with Crippen LogP contribution in [0.2, 0.25) is 0 Å². The van der Waals surface area contributed by atoms with Crippen LogP contribution in [-0.4, -0.2) is 46.4 Å². The zero-order valence-electron chi connectivity index (χ0n) is 47.3. The number of carbonyl (C=O) groups is 3. The second-order valence-corrected chi connectivity index (χ2v) is 24.0. The number of rotatable bonds is 6. The molecule has 85 heavy (non-hydrogen) atoms. The van der Waals surface area contributed by atoms with Gasteiger partial charge in [0.15, 0.2) is 0 Å². The van der Waals surface area contributed by atoms with E-state index in [2.05, 4.69) is 127 Å². The maximum absolute atomic E-state index is 14.6. The molecule has 3 aliphatic rings. The summed E-state index contributed by atoms with van der Waals surface area (Å²) in [6.45, 7) is 11.9. The minimum atomic E-state index is -0.884. The molecule has 0 amide bonds. The van der Waals surface area contributed by atoms with Crippen molar-refractivity contribution in [3.05, 3.63) is 235 Å². The molecule has 13 aromatic rings. The summed E-state index contributed by atoms with van der Waals surface area (Å²) in [4.78, 5) is 58.7. The molecule has 0 aliphatic carbocycles. The van der Waals surface area contributed by atoms with Crippen molar-refractivity contribution in [2.45, 2.75) is 57.8 Å².